The molecule has 108 valence electrons. The lowest BCUT2D eigenvalue weighted by atomic mass is 9.90. The average molecular weight is 270 g/mol. The largest absolute Gasteiger partial charge is 0.481 e. The van der Waals surface area contributed by atoms with Gasteiger partial charge in [-0.2, -0.15) is 0 Å². The summed E-state index contributed by atoms with van der Waals surface area (Å²) in [7, 11) is 1.77. The van der Waals surface area contributed by atoms with Gasteiger partial charge in [0.25, 0.3) is 0 Å². The van der Waals surface area contributed by atoms with Gasteiger partial charge in [-0.25, -0.2) is 4.79 Å². The number of nitrogens with zero attached hydrogens (tertiary/aromatic N) is 2. The number of hydrogen-bond acceptors (Lipinski definition) is 3. The topological polar surface area (TPSA) is 70.1 Å². The minimum absolute atomic E-state index is 0.0439. The van der Waals surface area contributed by atoms with E-state index in [-0.39, 0.29) is 24.7 Å². The lowest BCUT2D eigenvalue weighted by Gasteiger charge is -2.31. The molecule has 0 aromatic rings. The van der Waals surface area contributed by atoms with Gasteiger partial charge in [-0.3, -0.25) is 4.79 Å². The number of urea groups is 1. The van der Waals surface area contributed by atoms with Crippen molar-refractivity contribution in [2.75, 3.05) is 26.7 Å². The maximum absolute atomic E-state index is 12.4. The van der Waals surface area contributed by atoms with Crippen molar-refractivity contribution in [1.29, 1.82) is 0 Å². The first-order valence-corrected chi connectivity index (χ1v) is 6.72. The molecule has 0 bridgehead atoms. The summed E-state index contributed by atoms with van der Waals surface area (Å²) in [5.74, 6) is -0.831. The molecule has 3 unspecified atom stereocenters. The van der Waals surface area contributed by atoms with Gasteiger partial charge in [0.05, 0.1) is 17.6 Å². The van der Waals surface area contributed by atoms with Crippen LogP contribution in [0.25, 0.3) is 0 Å². The Kier molecular flexibility index (Phi) is 3.71. The molecular weight excluding hydrogens is 248 g/mol. The molecule has 0 aromatic heterocycles. The van der Waals surface area contributed by atoms with Crippen molar-refractivity contribution in [3.63, 3.8) is 0 Å². The maximum Gasteiger partial charge on any atom is 0.320 e. The second kappa shape index (κ2) is 5.00. The van der Waals surface area contributed by atoms with Crippen molar-refractivity contribution in [3.8, 4) is 0 Å². The molecule has 2 rings (SSSR count). The van der Waals surface area contributed by atoms with Gasteiger partial charge in [0, 0.05) is 26.7 Å². The molecule has 2 saturated heterocycles. The summed E-state index contributed by atoms with van der Waals surface area (Å²) < 4.78 is 5.47. The molecule has 2 amide bonds. The fourth-order valence-electron chi connectivity index (χ4n) is 2.89. The smallest absolute Gasteiger partial charge is 0.320 e. The quantitative estimate of drug-likeness (QED) is 0.813. The number of carbonyl (C=O) groups is 2. The highest BCUT2D eigenvalue weighted by Crippen LogP contribution is 2.31. The van der Waals surface area contributed by atoms with Crippen LogP contribution in [-0.4, -0.2) is 65.8 Å². The van der Waals surface area contributed by atoms with E-state index in [9.17, 15) is 14.7 Å². The van der Waals surface area contributed by atoms with Crippen LogP contribution in [0.1, 0.15) is 26.7 Å². The lowest BCUT2D eigenvalue weighted by molar-refractivity contribution is -0.147. The summed E-state index contributed by atoms with van der Waals surface area (Å²) in [6, 6.07) is -0.00323. The molecule has 19 heavy (non-hydrogen) atoms. The number of aliphatic carboxylic acids is 1. The fourth-order valence-corrected chi connectivity index (χ4v) is 2.89. The maximum atomic E-state index is 12.4. The van der Waals surface area contributed by atoms with E-state index < -0.39 is 11.4 Å². The Balaban J connectivity index is 1.99. The monoisotopic (exact) mass is 270 g/mol. The first kappa shape index (κ1) is 14.1. The minimum Gasteiger partial charge on any atom is -0.481 e. The molecule has 6 heteroatoms. The summed E-state index contributed by atoms with van der Waals surface area (Å²) in [6.45, 7) is 5.13. The van der Waals surface area contributed by atoms with E-state index in [1.165, 1.54) is 0 Å². The highest BCUT2D eigenvalue weighted by Gasteiger charge is 2.44. The first-order chi connectivity index (χ1) is 8.85. The number of likely N-dealkylation sites (tertiary alicyclic amines) is 1. The number of carboxylic acid groups (broad SMARTS) is 1. The van der Waals surface area contributed by atoms with Crippen LogP contribution in [0.4, 0.5) is 4.79 Å². The van der Waals surface area contributed by atoms with E-state index in [0.29, 0.717) is 19.6 Å². The Labute approximate surface area is 113 Å². The Bertz CT molecular complexity index is 387. The van der Waals surface area contributed by atoms with E-state index in [0.717, 1.165) is 6.42 Å². The molecule has 0 radical (unpaired) electrons. The highest BCUT2D eigenvalue weighted by atomic mass is 16.5. The Morgan fingerprint density at radius 1 is 1.47 bits per heavy atom. The third kappa shape index (κ3) is 2.54. The van der Waals surface area contributed by atoms with Crippen molar-refractivity contribution < 1.29 is 19.4 Å². The molecule has 2 aliphatic heterocycles. The van der Waals surface area contributed by atoms with Gasteiger partial charge in [0.2, 0.25) is 0 Å². The van der Waals surface area contributed by atoms with Crippen molar-refractivity contribution >= 4 is 12.0 Å². The standard InChI is InChI=1S/C13H22N2O4/c1-9-10(4-7-19-9)14(3)12(18)15-6-5-13(2,8-15)11(16)17/h9-10H,4-8H2,1-3H3,(H,16,17). The molecule has 0 aromatic carbocycles. The molecule has 2 aliphatic rings. The summed E-state index contributed by atoms with van der Waals surface area (Å²) in [4.78, 5) is 26.9. The number of likely N-dealkylation sites (N-methyl/N-ethyl adjacent to an activating group) is 1. The fraction of sp³-hybridized carbons (Fsp3) is 0.846. The summed E-state index contributed by atoms with van der Waals surface area (Å²) in [5, 5.41) is 9.19. The van der Waals surface area contributed by atoms with Crippen LogP contribution in [0.5, 0.6) is 0 Å². The van der Waals surface area contributed by atoms with Gasteiger partial charge >= 0.3 is 12.0 Å². The normalized spacial score (nSPS) is 34.6. The molecule has 1 N–H and O–H groups in total. The van der Waals surface area contributed by atoms with Crippen molar-refractivity contribution in [2.45, 2.75) is 38.8 Å². The summed E-state index contributed by atoms with van der Waals surface area (Å²) in [6.07, 6.45) is 1.40. The van der Waals surface area contributed by atoms with Crippen LogP contribution in [0.15, 0.2) is 0 Å². The number of rotatable bonds is 2. The zero-order valence-corrected chi connectivity index (χ0v) is 11.8. The van der Waals surface area contributed by atoms with Crippen LogP contribution in [-0.2, 0) is 9.53 Å². The third-order valence-corrected chi connectivity index (χ3v) is 4.40. The Morgan fingerprint density at radius 3 is 2.63 bits per heavy atom. The van der Waals surface area contributed by atoms with E-state index >= 15 is 0 Å². The second-order valence-electron chi connectivity index (χ2n) is 5.86. The van der Waals surface area contributed by atoms with Crippen LogP contribution in [0.3, 0.4) is 0 Å². The number of carbonyl (C=O) groups excluding carboxylic acids is 1. The lowest BCUT2D eigenvalue weighted by Crippen LogP contribution is -2.48. The summed E-state index contributed by atoms with van der Waals surface area (Å²) >= 11 is 0. The van der Waals surface area contributed by atoms with Gasteiger partial charge in [-0.1, -0.05) is 0 Å². The van der Waals surface area contributed by atoms with E-state index in [1.807, 2.05) is 6.92 Å². The Morgan fingerprint density at radius 2 is 2.16 bits per heavy atom. The third-order valence-electron chi connectivity index (χ3n) is 4.40. The summed E-state index contributed by atoms with van der Waals surface area (Å²) in [5.41, 5.74) is -0.811. The molecule has 0 aliphatic carbocycles. The minimum atomic E-state index is -0.831. The first-order valence-electron chi connectivity index (χ1n) is 6.72. The highest BCUT2D eigenvalue weighted by molar-refractivity contribution is 5.79. The van der Waals surface area contributed by atoms with E-state index in [2.05, 4.69) is 0 Å². The van der Waals surface area contributed by atoms with Gasteiger partial charge < -0.3 is 19.6 Å². The molecule has 6 nitrogen and oxygen atoms in total. The molecule has 2 fully saturated rings. The molecule has 0 saturated carbocycles. The predicted octanol–water partition coefficient (Wildman–Crippen LogP) is 1.01. The van der Waals surface area contributed by atoms with Gasteiger partial charge in [-0.05, 0) is 26.7 Å². The van der Waals surface area contributed by atoms with Gasteiger partial charge in [0.1, 0.15) is 0 Å². The number of hydrogen-bond donors (Lipinski definition) is 1. The predicted molar refractivity (Wildman–Crippen MR) is 68.9 cm³/mol. The van der Waals surface area contributed by atoms with Crippen molar-refractivity contribution in [3.05, 3.63) is 0 Å². The molecule has 0 spiro atoms. The van der Waals surface area contributed by atoms with E-state index in [1.54, 1.807) is 23.8 Å². The zero-order chi connectivity index (χ0) is 14.2. The molecule has 2 heterocycles. The second-order valence-corrected chi connectivity index (χ2v) is 5.86. The SMILES string of the molecule is CC1OCCC1N(C)C(=O)N1CCC(C)(C(=O)O)C1. The Hall–Kier alpha value is -1.30. The number of carboxylic acids is 1. The number of amides is 2. The zero-order valence-electron chi connectivity index (χ0n) is 11.8. The van der Waals surface area contributed by atoms with Gasteiger partial charge in [-0.15, -0.1) is 0 Å². The van der Waals surface area contributed by atoms with Crippen LogP contribution < -0.4 is 0 Å². The van der Waals surface area contributed by atoms with Crippen LogP contribution in [0.2, 0.25) is 0 Å². The van der Waals surface area contributed by atoms with Crippen molar-refractivity contribution in [2.24, 2.45) is 5.41 Å². The average Bonchev–Trinajstić information content (AvgIpc) is 2.95. The van der Waals surface area contributed by atoms with Gasteiger partial charge in [0.15, 0.2) is 0 Å². The molecule has 3 atom stereocenters. The van der Waals surface area contributed by atoms with Crippen molar-refractivity contribution in [1.82, 2.24) is 9.80 Å². The van der Waals surface area contributed by atoms with E-state index in [4.69, 9.17) is 4.74 Å². The number of ether oxygens (including phenoxy) is 1. The molecular formula is C13H22N2O4. The van der Waals surface area contributed by atoms with Crippen LogP contribution in [0, 0.1) is 5.41 Å². The van der Waals surface area contributed by atoms with Crippen LogP contribution >= 0.6 is 0 Å².